The summed E-state index contributed by atoms with van der Waals surface area (Å²) in [4.78, 5) is 0. The van der Waals surface area contributed by atoms with Gasteiger partial charge in [-0.1, -0.05) is 76.4 Å². The molecule has 0 heterocycles. The van der Waals surface area contributed by atoms with Crippen molar-refractivity contribution in [3.8, 4) is 0 Å². The van der Waals surface area contributed by atoms with Gasteiger partial charge in [-0.2, -0.15) is 0 Å². The summed E-state index contributed by atoms with van der Waals surface area (Å²) in [6.07, 6.45) is 10.3. The average Bonchev–Trinajstić information content (AvgIpc) is 2.75. The Bertz CT molecular complexity index is 694. The molecule has 0 spiro atoms. The highest BCUT2D eigenvalue weighted by Crippen LogP contribution is 2.29. The van der Waals surface area contributed by atoms with Crippen LogP contribution in [0.1, 0.15) is 90.8 Å². The summed E-state index contributed by atoms with van der Waals surface area (Å²) >= 11 is 6.70. The number of rotatable bonds is 15. The smallest absolute Gasteiger partial charge is 0.0568 e. The summed E-state index contributed by atoms with van der Waals surface area (Å²) in [5.41, 5.74) is 11.0. The SMILES string of the molecule is C=CN/C=C(/C(C)N)C(NCCCC(=C)C)c1ccc(CCC(C)CCC)c(Cl)c1.CC. The van der Waals surface area contributed by atoms with E-state index in [1.807, 2.05) is 27.0 Å². The van der Waals surface area contributed by atoms with E-state index in [9.17, 15) is 0 Å². The molecule has 3 unspecified atom stereocenters. The van der Waals surface area contributed by atoms with Crippen molar-refractivity contribution in [1.29, 1.82) is 0 Å². The van der Waals surface area contributed by atoms with Gasteiger partial charge in [0.2, 0.25) is 0 Å². The van der Waals surface area contributed by atoms with Gasteiger partial charge in [-0.3, -0.25) is 0 Å². The maximum atomic E-state index is 6.70. The van der Waals surface area contributed by atoms with Crippen molar-refractivity contribution >= 4 is 11.6 Å². The van der Waals surface area contributed by atoms with E-state index in [-0.39, 0.29) is 12.1 Å². The van der Waals surface area contributed by atoms with Crippen LogP contribution in [0.2, 0.25) is 5.02 Å². The van der Waals surface area contributed by atoms with Gasteiger partial charge in [0.25, 0.3) is 0 Å². The maximum absolute atomic E-state index is 6.70. The van der Waals surface area contributed by atoms with E-state index in [1.54, 1.807) is 6.20 Å². The predicted octanol–water partition coefficient (Wildman–Crippen LogP) is 7.69. The highest BCUT2D eigenvalue weighted by atomic mass is 35.5. The summed E-state index contributed by atoms with van der Waals surface area (Å²) in [5, 5.41) is 7.61. The van der Waals surface area contributed by atoms with Crippen LogP contribution in [-0.4, -0.2) is 12.6 Å². The highest BCUT2D eigenvalue weighted by Gasteiger charge is 2.20. The second kappa shape index (κ2) is 17.9. The maximum Gasteiger partial charge on any atom is 0.0568 e. The molecule has 0 bridgehead atoms. The molecule has 0 amide bonds. The molecule has 32 heavy (non-hydrogen) atoms. The van der Waals surface area contributed by atoms with E-state index in [1.165, 1.54) is 30.4 Å². The van der Waals surface area contributed by atoms with Gasteiger partial charge in [0.15, 0.2) is 0 Å². The Morgan fingerprint density at radius 1 is 1.22 bits per heavy atom. The number of aryl methyl sites for hydroxylation is 1. The van der Waals surface area contributed by atoms with Crippen molar-refractivity contribution in [2.75, 3.05) is 6.54 Å². The zero-order chi connectivity index (χ0) is 24.5. The zero-order valence-electron chi connectivity index (χ0n) is 21.4. The Morgan fingerprint density at radius 2 is 1.91 bits per heavy atom. The fourth-order valence-electron chi connectivity index (χ4n) is 3.68. The lowest BCUT2D eigenvalue weighted by atomic mass is 9.92. The minimum atomic E-state index is -0.107. The second-order valence-electron chi connectivity index (χ2n) is 8.53. The lowest BCUT2D eigenvalue weighted by molar-refractivity contribution is 0.486. The number of halogens is 1. The van der Waals surface area contributed by atoms with Crippen molar-refractivity contribution in [3.63, 3.8) is 0 Å². The first-order valence-corrected chi connectivity index (χ1v) is 12.7. The molecule has 4 heteroatoms. The minimum absolute atomic E-state index is 0.00636. The van der Waals surface area contributed by atoms with Crippen LogP contribution in [0, 0.1) is 5.92 Å². The van der Waals surface area contributed by atoms with E-state index in [2.05, 4.69) is 62.8 Å². The molecule has 0 saturated heterocycles. The molecule has 1 aromatic rings. The first-order valence-electron chi connectivity index (χ1n) is 12.3. The average molecular weight is 462 g/mol. The molecular weight excluding hydrogens is 414 g/mol. The molecule has 0 fully saturated rings. The zero-order valence-corrected chi connectivity index (χ0v) is 22.2. The normalized spacial score (nSPS) is 14.1. The van der Waals surface area contributed by atoms with Crippen molar-refractivity contribution in [1.82, 2.24) is 10.6 Å². The lowest BCUT2D eigenvalue weighted by Crippen LogP contribution is -2.32. The number of nitrogens with two attached hydrogens (primary N) is 1. The Morgan fingerprint density at radius 3 is 2.44 bits per heavy atom. The first kappa shape index (κ1) is 30.4. The highest BCUT2D eigenvalue weighted by molar-refractivity contribution is 6.31. The van der Waals surface area contributed by atoms with Crippen LogP contribution in [0.5, 0.6) is 0 Å². The molecule has 1 aromatic carbocycles. The summed E-state index contributed by atoms with van der Waals surface area (Å²) in [6.45, 7) is 21.3. The van der Waals surface area contributed by atoms with Crippen LogP contribution in [-0.2, 0) is 6.42 Å². The molecule has 0 saturated carbocycles. The molecule has 182 valence electrons. The summed E-state index contributed by atoms with van der Waals surface area (Å²) < 4.78 is 0. The standard InChI is InChI=1S/C26H42ClN3.C2H6/c1-7-10-20(5)12-13-22-14-15-23(17-25(22)27)26(30-16-9-11-19(3)4)24(21(6)28)18-29-8-2;1-2/h8,14-15,17-18,20-21,26,29-30H,2-3,7,9-13,16,28H2,1,4-6H3;1-2H3/b24-18-;. The van der Waals surface area contributed by atoms with Gasteiger partial charge < -0.3 is 16.4 Å². The lowest BCUT2D eigenvalue weighted by Gasteiger charge is -2.26. The third-order valence-electron chi connectivity index (χ3n) is 5.45. The van der Waals surface area contributed by atoms with Crippen molar-refractivity contribution in [3.05, 3.63) is 71.1 Å². The summed E-state index contributed by atoms with van der Waals surface area (Å²) in [7, 11) is 0. The van der Waals surface area contributed by atoms with E-state index in [0.717, 1.165) is 47.9 Å². The van der Waals surface area contributed by atoms with E-state index in [4.69, 9.17) is 17.3 Å². The quantitative estimate of drug-likeness (QED) is 0.185. The van der Waals surface area contributed by atoms with Crippen LogP contribution < -0.4 is 16.4 Å². The fourth-order valence-corrected chi connectivity index (χ4v) is 3.97. The van der Waals surface area contributed by atoms with Crippen molar-refractivity contribution in [2.45, 2.75) is 92.2 Å². The third kappa shape index (κ3) is 11.9. The van der Waals surface area contributed by atoms with Crippen LogP contribution in [0.3, 0.4) is 0 Å². The number of hydrogen-bond acceptors (Lipinski definition) is 3. The summed E-state index contributed by atoms with van der Waals surface area (Å²) in [6, 6.07) is 6.35. The number of hydrogen-bond donors (Lipinski definition) is 3. The topological polar surface area (TPSA) is 50.1 Å². The molecule has 3 nitrogen and oxygen atoms in total. The van der Waals surface area contributed by atoms with E-state index < -0.39 is 0 Å². The van der Waals surface area contributed by atoms with Crippen molar-refractivity contribution < 1.29 is 0 Å². The molecule has 3 atom stereocenters. The fraction of sp³-hybridized carbons (Fsp3) is 0.571. The molecular formula is C28H48ClN3. The first-order chi connectivity index (χ1) is 15.3. The van der Waals surface area contributed by atoms with Gasteiger partial charge in [0, 0.05) is 17.3 Å². The van der Waals surface area contributed by atoms with Crippen molar-refractivity contribution in [2.24, 2.45) is 11.7 Å². The Hall–Kier alpha value is -1.55. The molecule has 0 aromatic heterocycles. The number of allylic oxidation sites excluding steroid dienone is 1. The molecule has 1 rings (SSSR count). The molecule has 0 aliphatic rings. The van der Waals surface area contributed by atoms with Crippen LogP contribution in [0.15, 0.2) is 54.9 Å². The van der Waals surface area contributed by atoms with Crippen LogP contribution in [0.25, 0.3) is 0 Å². The van der Waals surface area contributed by atoms with E-state index >= 15 is 0 Å². The van der Waals surface area contributed by atoms with Gasteiger partial charge in [-0.15, -0.1) is 6.58 Å². The van der Waals surface area contributed by atoms with E-state index in [0.29, 0.717) is 0 Å². The molecule has 4 N–H and O–H groups in total. The molecule has 0 radical (unpaired) electrons. The largest absolute Gasteiger partial charge is 0.368 e. The number of nitrogens with one attached hydrogen (secondary N) is 2. The van der Waals surface area contributed by atoms with Gasteiger partial charge in [0.1, 0.15) is 0 Å². The Kier molecular flexibility index (Phi) is 17.1. The van der Waals surface area contributed by atoms with Gasteiger partial charge in [-0.05, 0) is 81.0 Å². The minimum Gasteiger partial charge on any atom is -0.368 e. The van der Waals surface area contributed by atoms with Crippen LogP contribution in [0.4, 0.5) is 0 Å². The van der Waals surface area contributed by atoms with Crippen LogP contribution >= 0.6 is 11.6 Å². The summed E-state index contributed by atoms with van der Waals surface area (Å²) in [5.74, 6) is 0.728. The monoisotopic (exact) mass is 461 g/mol. The number of benzene rings is 1. The van der Waals surface area contributed by atoms with Gasteiger partial charge in [-0.25, -0.2) is 0 Å². The van der Waals surface area contributed by atoms with Gasteiger partial charge in [0.05, 0.1) is 6.04 Å². The molecule has 0 aliphatic heterocycles. The van der Waals surface area contributed by atoms with Gasteiger partial charge >= 0.3 is 0 Å². The Balaban J connectivity index is 0.00000466. The predicted molar refractivity (Wildman–Crippen MR) is 145 cm³/mol. The third-order valence-corrected chi connectivity index (χ3v) is 5.81. The second-order valence-corrected chi connectivity index (χ2v) is 8.94. The molecule has 0 aliphatic carbocycles. The Labute approximate surface area is 203 Å².